The Hall–Kier alpha value is -1.51. The highest BCUT2D eigenvalue weighted by atomic mass is 35.5. The number of halogens is 2. The fourth-order valence-corrected chi connectivity index (χ4v) is 1.86. The van der Waals surface area contributed by atoms with E-state index < -0.39 is 0 Å². The molecule has 2 rings (SSSR count). The second-order valence-electron chi connectivity index (χ2n) is 2.97. The molecule has 0 aliphatic heterocycles. The number of rotatable bonds is 3. The lowest BCUT2D eigenvalue weighted by Crippen LogP contribution is -2.20. The number of thiazole rings is 1. The summed E-state index contributed by atoms with van der Waals surface area (Å²) in [5.74, 6) is -0.123. The lowest BCUT2D eigenvalue weighted by molar-refractivity contribution is 0.924. The fourth-order valence-electron chi connectivity index (χ4n) is 1.14. The van der Waals surface area contributed by atoms with Crippen molar-refractivity contribution >= 4 is 47.2 Å². The molecular formula is C8H13Cl2N7S. The Morgan fingerprint density at radius 1 is 1.44 bits per heavy atom. The molecule has 10 heteroatoms. The van der Waals surface area contributed by atoms with E-state index in [0.717, 1.165) is 11.4 Å². The van der Waals surface area contributed by atoms with Gasteiger partial charge < -0.3 is 16.5 Å². The van der Waals surface area contributed by atoms with Gasteiger partial charge in [-0.1, -0.05) is 0 Å². The maximum absolute atomic E-state index is 7.08. The zero-order chi connectivity index (χ0) is 11.5. The van der Waals surface area contributed by atoms with E-state index in [1.807, 2.05) is 11.6 Å². The number of guanidine groups is 1. The van der Waals surface area contributed by atoms with E-state index in [4.69, 9.17) is 11.1 Å². The van der Waals surface area contributed by atoms with Crippen molar-refractivity contribution in [2.45, 2.75) is 0 Å². The van der Waals surface area contributed by atoms with E-state index in [0.29, 0.717) is 5.13 Å². The number of anilines is 1. The SMILES string of the molecule is CNn1cnc(-c2csc(NC(=N)N)n2)c1.Cl.Cl. The van der Waals surface area contributed by atoms with Gasteiger partial charge in [0.05, 0.1) is 6.20 Å². The molecule has 0 amide bonds. The number of hydrogen-bond donors (Lipinski definition) is 4. The van der Waals surface area contributed by atoms with Crippen molar-refractivity contribution in [3.8, 4) is 11.4 Å². The van der Waals surface area contributed by atoms with E-state index in [1.165, 1.54) is 11.3 Å². The van der Waals surface area contributed by atoms with Crippen LogP contribution < -0.4 is 16.5 Å². The van der Waals surface area contributed by atoms with Gasteiger partial charge in [0.15, 0.2) is 11.1 Å². The molecule has 0 fully saturated rings. The standard InChI is InChI=1S/C8H11N7S.2ClH/c1-11-15-2-5(12-4-15)6-3-16-8(13-6)14-7(9)10;;/h2-4,11H,1H3,(H4,9,10,13,14);2*1H. The van der Waals surface area contributed by atoms with Crippen molar-refractivity contribution in [2.75, 3.05) is 17.8 Å². The number of imidazole rings is 1. The summed E-state index contributed by atoms with van der Waals surface area (Å²) in [7, 11) is 1.80. The molecule has 0 aromatic carbocycles. The summed E-state index contributed by atoms with van der Waals surface area (Å²) >= 11 is 1.38. The van der Waals surface area contributed by atoms with Gasteiger partial charge in [0.2, 0.25) is 0 Å². The Morgan fingerprint density at radius 3 is 2.72 bits per heavy atom. The van der Waals surface area contributed by atoms with Gasteiger partial charge in [0, 0.05) is 12.4 Å². The topological polar surface area (TPSA) is 105 Å². The maximum Gasteiger partial charge on any atom is 0.192 e. The highest BCUT2D eigenvalue weighted by Gasteiger charge is 2.07. The van der Waals surface area contributed by atoms with Crippen molar-refractivity contribution < 1.29 is 0 Å². The number of nitrogens with one attached hydrogen (secondary N) is 3. The van der Waals surface area contributed by atoms with Crippen molar-refractivity contribution in [3.63, 3.8) is 0 Å². The molecule has 100 valence electrons. The van der Waals surface area contributed by atoms with E-state index in [1.54, 1.807) is 18.1 Å². The fraction of sp³-hybridized carbons (Fsp3) is 0.125. The van der Waals surface area contributed by atoms with Crippen molar-refractivity contribution in [1.29, 1.82) is 5.41 Å². The predicted octanol–water partition coefficient (Wildman–Crippen LogP) is 1.33. The Balaban J connectivity index is 0.00000144. The molecule has 0 aliphatic carbocycles. The van der Waals surface area contributed by atoms with Crippen molar-refractivity contribution in [2.24, 2.45) is 5.73 Å². The van der Waals surface area contributed by atoms with E-state index in [2.05, 4.69) is 20.7 Å². The van der Waals surface area contributed by atoms with Crippen LogP contribution in [0.15, 0.2) is 17.9 Å². The minimum absolute atomic E-state index is 0. The molecule has 0 saturated heterocycles. The monoisotopic (exact) mass is 309 g/mol. The van der Waals surface area contributed by atoms with Crippen LogP contribution in [0.25, 0.3) is 11.4 Å². The molecule has 0 spiro atoms. The molecule has 18 heavy (non-hydrogen) atoms. The predicted molar refractivity (Wildman–Crippen MR) is 78.7 cm³/mol. The first-order valence-electron chi connectivity index (χ1n) is 4.47. The molecule has 2 heterocycles. The quantitative estimate of drug-likeness (QED) is 0.506. The maximum atomic E-state index is 7.08. The molecule has 0 atom stereocenters. The van der Waals surface area contributed by atoms with Crippen LogP contribution in [0.1, 0.15) is 0 Å². The first-order valence-corrected chi connectivity index (χ1v) is 5.35. The number of nitrogens with two attached hydrogens (primary N) is 1. The third kappa shape index (κ3) is 3.76. The Kier molecular flexibility index (Phi) is 6.45. The summed E-state index contributed by atoms with van der Waals surface area (Å²) in [4.78, 5) is 8.43. The van der Waals surface area contributed by atoms with E-state index in [9.17, 15) is 0 Å². The summed E-state index contributed by atoms with van der Waals surface area (Å²) in [6.45, 7) is 0. The average Bonchev–Trinajstić information content (AvgIpc) is 2.83. The van der Waals surface area contributed by atoms with Crippen molar-refractivity contribution in [1.82, 2.24) is 14.6 Å². The van der Waals surface area contributed by atoms with Gasteiger partial charge in [0.1, 0.15) is 17.7 Å². The minimum Gasteiger partial charge on any atom is -0.370 e. The highest BCUT2D eigenvalue weighted by molar-refractivity contribution is 7.14. The first kappa shape index (κ1) is 16.5. The van der Waals surface area contributed by atoms with Crippen LogP contribution in [0.5, 0.6) is 0 Å². The molecule has 5 N–H and O–H groups in total. The molecule has 0 bridgehead atoms. The Morgan fingerprint density at radius 2 is 2.17 bits per heavy atom. The second-order valence-corrected chi connectivity index (χ2v) is 3.82. The summed E-state index contributed by atoms with van der Waals surface area (Å²) in [6.07, 6.45) is 3.49. The van der Waals surface area contributed by atoms with Gasteiger partial charge in [-0.25, -0.2) is 9.97 Å². The molecule has 0 unspecified atom stereocenters. The minimum atomic E-state index is -0.123. The largest absolute Gasteiger partial charge is 0.370 e. The van der Waals surface area contributed by atoms with Crippen LogP contribution in [0.3, 0.4) is 0 Å². The zero-order valence-corrected chi connectivity index (χ0v) is 11.8. The first-order chi connectivity index (χ1) is 7.69. The van der Waals surface area contributed by atoms with Crippen LogP contribution >= 0.6 is 36.2 Å². The lowest BCUT2D eigenvalue weighted by Gasteiger charge is -1.96. The van der Waals surface area contributed by atoms with Gasteiger partial charge in [-0.15, -0.1) is 36.2 Å². The van der Waals surface area contributed by atoms with Crippen LogP contribution in [0.2, 0.25) is 0 Å². The highest BCUT2D eigenvalue weighted by Crippen LogP contribution is 2.22. The molecule has 0 radical (unpaired) electrons. The van der Waals surface area contributed by atoms with Crippen LogP contribution in [0, 0.1) is 5.41 Å². The molecule has 2 aromatic heterocycles. The third-order valence-corrected chi connectivity index (χ3v) is 2.61. The van der Waals surface area contributed by atoms with Crippen LogP contribution in [-0.2, 0) is 0 Å². The number of hydrogen-bond acceptors (Lipinski definition) is 5. The van der Waals surface area contributed by atoms with Gasteiger partial charge >= 0.3 is 0 Å². The Bertz CT molecular complexity index is 509. The van der Waals surface area contributed by atoms with E-state index >= 15 is 0 Å². The lowest BCUT2D eigenvalue weighted by atomic mass is 10.4. The zero-order valence-electron chi connectivity index (χ0n) is 9.38. The number of nitrogens with zero attached hydrogens (tertiary/aromatic N) is 3. The molecule has 0 aliphatic rings. The smallest absolute Gasteiger partial charge is 0.192 e. The van der Waals surface area contributed by atoms with Gasteiger partial charge in [-0.2, -0.15) is 0 Å². The summed E-state index contributed by atoms with van der Waals surface area (Å²) in [6, 6.07) is 0. The van der Waals surface area contributed by atoms with E-state index in [-0.39, 0.29) is 30.8 Å². The molecule has 2 aromatic rings. The summed E-state index contributed by atoms with van der Waals surface area (Å²) < 4.78 is 1.73. The second kappa shape index (κ2) is 7.04. The normalized spacial score (nSPS) is 8.94. The summed E-state index contributed by atoms with van der Waals surface area (Å²) in [5.41, 5.74) is 9.64. The average molecular weight is 310 g/mol. The van der Waals surface area contributed by atoms with Crippen molar-refractivity contribution in [3.05, 3.63) is 17.9 Å². The molecular weight excluding hydrogens is 297 g/mol. The van der Waals surface area contributed by atoms with Gasteiger partial charge in [-0.3, -0.25) is 10.1 Å². The van der Waals surface area contributed by atoms with Gasteiger partial charge in [0.25, 0.3) is 0 Å². The van der Waals surface area contributed by atoms with Crippen LogP contribution in [-0.4, -0.2) is 27.7 Å². The summed E-state index contributed by atoms with van der Waals surface area (Å²) in [5, 5.41) is 12.2. The number of aromatic nitrogens is 3. The van der Waals surface area contributed by atoms with Gasteiger partial charge in [-0.05, 0) is 0 Å². The third-order valence-electron chi connectivity index (χ3n) is 1.85. The Labute approximate surface area is 120 Å². The molecule has 7 nitrogen and oxygen atoms in total. The van der Waals surface area contributed by atoms with Crippen LogP contribution in [0.4, 0.5) is 5.13 Å². The molecule has 0 saturated carbocycles.